The van der Waals surface area contributed by atoms with Crippen LogP contribution >= 0.6 is 11.6 Å². The van der Waals surface area contributed by atoms with Gasteiger partial charge in [-0.25, -0.2) is 9.55 Å². The maximum absolute atomic E-state index is 6.06. The number of hydrogen-bond acceptors (Lipinski definition) is 3. The largest absolute Gasteiger partial charge is 0.375 e. The number of benzene rings is 2. The summed E-state index contributed by atoms with van der Waals surface area (Å²) in [5.74, 6) is 0.975. The van der Waals surface area contributed by atoms with Crippen LogP contribution in [0.25, 0.3) is 33.7 Å². The Morgan fingerprint density at radius 2 is 1.85 bits per heavy atom. The van der Waals surface area contributed by atoms with Gasteiger partial charge in [0, 0.05) is 17.2 Å². The molecular formula is C20H18ClN4O+. The fraction of sp³-hybridized carbons (Fsp3) is 0.250. The van der Waals surface area contributed by atoms with Crippen LogP contribution in [0.1, 0.15) is 12.8 Å². The van der Waals surface area contributed by atoms with Crippen molar-refractivity contribution in [3.05, 3.63) is 53.6 Å². The van der Waals surface area contributed by atoms with Crippen molar-refractivity contribution in [1.82, 2.24) is 15.0 Å². The van der Waals surface area contributed by atoms with E-state index in [1.807, 2.05) is 48.5 Å². The van der Waals surface area contributed by atoms with E-state index >= 15 is 0 Å². The molecule has 0 unspecified atom stereocenters. The molecule has 1 fully saturated rings. The number of para-hydroxylation sites is 2. The summed E-state index contributed by atoms with van der Waals surface area (Å²) in [6.07, 6.45) is 2.39. The SMILES string of the molecule is Clc1ccc(-c2[nH]c3nc4ccccc4nc3[n+]2C[C@@H]2CCCO2)cc1. The van der Waals surface area contributed by atoms with E-state index in [1.54, 1.807) is 0 Å². The first-order chi connectivity index (χ1) is 12.8. The average Bonchev–Trinajstić information content (AvgIpc) is 3.29. The molecule has 26 heavy (non-hydrogen) atoms. The van der Waals surface area contributed by atoms with Gasteiger partial charge in [-0.2, -0.15) is 0 Å². The molecule has 130 valence electrons. The fourth-order valence-electron chi connectivity index (χ4n) is 3.55. The van der Waals surface area contributed by atoms with Crippen molar-refractivity contribution in [2.45, 2.75) is 25.5 Å². The fourth-order valence-corrected chi connectivity index (χ4v) is 3.68. The van der Waals surface area contributed by atoms with Crippen molar-refractivity contribution in [1.29, 1.82) is 0 Å². The number of aromatic amines is 1. The van der Waals surface area contributed by atoms with E-state index in [0.29, 0.717) is 0 Å². The molecule has 0 aliphatic carbocycles. The Kier molecular flexibility index (Phi) is 3.84. The summed E-state index contributed by atoms with van der Waals surface area (Å²) in [5.41, 5.74) is 4.46. The molecule has 1 atom stereocenters. The van der Waals surface area contributed by atoms with Crippen molar-refractivity contribution in [2.75, 3.05) is 6.61 Å². The number of imidazole rings is 1. The number of ether oxygens (including phenoxy) is 1. The molecule has 1 saturated heterocycles. The third-order valence-electron chi connectivity index (χ3n) is 4.84. The number of halogens is 1. The Morgan fingerprint density at radius 3 is 2.58 bits per heavy atom. The molecule has 0 amide bonds. The lowest BCUT2D eigenvalue weighted by Gasteiger charge is -2.09. The summed E-state index contributed by atoms with van der Waals surface area (Å²) < 4.78 is 8.06. The first-order valence-corrected chi connectivity index (χ1v) is 9.21. The first-order valence-electron chi connectivity index (χ1n) is 8.84. The molecule has 3 heterocycles. The van der Waals surface area contributed by atoms with Crippen molar-refractivity contribution < 1.29 is 9.30 Å². The molecule has 0 spiro atoms. The Labute approximate surface area is 155 Å². The smallest absolute Gasteiger partial charge is 0.323 e. The summed E-state index contributed by atoms with van der Waals surface area (Å²) >= 11 is 6.06. The van der Waals surface area contributed by atoms with Gasteiger partial charge < -0.3 is 4.74 Å². The molecule has 0 saturated carbocycles. The van der Waals surface area contributed by atoms with Gasteiger partial charge in [0.2, 0.25) is 5.82 Å². The van der Waals surface area contributed by atoms with Gasteiger partial charge in [-0.1, -0.05) is 28.7 Å². The summed E-state index contributed by atoms with van der Waals surface area (Å²) in [5, 5.41) is 0.720. The third kappa shape index (κ3) is 2.73. The van der Waals surface area contributed by atoms with Crippen LogP contribution < -0.4 is 4.57 Å². The highest BCUT2D eigenvalue weighted by atomic mass is 35.5. The minimum atomic E-state index is 0.207. The van der Waals surface area contributed by atoms with Gasteiger partial charge in [0.1, 0.15) is 5.52 Å². The van der Waals surface area contributed by atoms with E-state index in [-0.39, 0.29) is 6.10 Å². The van der Waals surface area contributed by atoms with Gasteiger partial charge in [-0.05, 0) is 49.2 Å². The number of aromatic nitrogens is 4. The van der Waals surface area contributed by atoms with Crippen molar-refractivity contribution in [3.8, 4) is 11.4 Å². The molecule has 4 aromatic rings. The molecule has 1 aliphatic heterocycles. The quantitative estimate of drug-likeness (QED) is 0.560. The molecule has 6 heteroatoms. The van der Waals surface area contributed by atoms with Crippen LogP contribution in [0.15, 0.2) is 48.5 Å². The Morgan fingerprint density at radius 1 is 1.08 bits per heavy atom. The predicted molar refractivity (Wildman–Crippen MR) is 101 cm³/mol. The van der Waals surface area contributed by atoms with E-state index in [2.05, 4.69) is 9.55 Å². The lowest BCUT2D eigenvalue weighted by atomic mass is 10.2. The molecular weight excluding hydrogens is 348 g/mol. The van der Waals surface area contributed by atoms with E-state index < -0.39 is 0 Å². The molecule has 1 aliphatic rings. The average molecular weight is 366 g/mol. The highest BCUT2D eigenvalue weighted by Crippen LogP contribution is 2.22. The van der Waals surface area contributed by atoms with Crippen LogP contribution in [0.5, 0.6) is 0 Å². The van der Waals surface area contributed by atoms with E-state index in [0.717, 1.165) is 64.7 Å². The van der Waals surface area contributed by atoms with Crippen LogP contribution in [0.2, 0.25) is 5.02 Å². The van der Waals surface area contributed by atoms with Gasteiger partial charge in [-0.15, -0.1) is 0 Å². The number of rotatable bonds is 3. The normalized spacial score (nSPS) is 17.3. The lowest BCUT2D eigenvalue weighted by molar-refractivity contribution is -0.669. The van der Waals surface area contributed by atoms with Crippen LogP contribution in [0.3, 0.4) is 0 Å². The highest BCUT2D eigenvalue weighted by molar-refractivity contribution is 6.30. The molecule has 0 bridgehead atoms. The number of hydrogen-bond donors (Lipinski definition) is 1. The van der Waals surface area contributed by atoms with Crippen molar-refractivity contribution in [2.24, 2.45) is 0 Å². The van der Waals surface area contributed by atoms with Crippen molar-refractivity contribution >= 4 is 33.9 Å². The second-order valence-corrected chi connectivity index (χ2v) is 7.05. The number of fused-ring (bicyclic) bond motifs is 2. The summed E-state index contributed by atoms with van der Waals surface area (Å²) in [6.45, 7) is 1.59. The molecule has 5 nitrogen and oxygen atoms in total. The van der Waals surface area contributed by atoms with Gasteiger partial charge in [0.15, 0.2) is 5.52 Å². The maximum atomic E-state index is 6.06. The monoisotopic (exact) mass is 365 g/mol. The zero-order valence-corrected chi connectivity index (χ0v) is 14.9. The van der Waals surface area contributed by atoms with E-state index in [4.69, 9.17) is 26.3 Å². The number of nitrogens with zero attached hydrogens (tertiary/aromatic N) is 3. The van der Waals surface area contributed by atoms with Gasteiger partial charge in [0.25, 0.3) is 5.65 Å². The predicted octanol–water partition coefficient (Wildman–Crippen LogP) is 3.90. The van der Waals surface area contributed by atoms with Crippen LogP contribution in [-0.2, 0) is 11.3 Å². The van der Waals surface area contributed by atoms with Crippen LogP contribution in [0, 0.1) is 0 Å². The van der Waals surface area contributed by atoms with Gasteiger partial charge >= 0.3 is 5.65 Å². The van der Waals surface area contributed by atoms with E-state index in [1.165, 1.54) is 0 Å². The standard InChI is InChI=1S/C20H17ClN4O/c21-14-9-7-13(8-10-14)19-24-18-20(25(19)12-15-4-3-11-26-15)23-17-6-2-1-5-16(17)22-18/h1-2,5-10,15H,3-4,11-12H2/p+1/t15-/m0/s1. The summed E-state index contributed by atoms with van der Waals surface area (Å²) in [4.78, 5) is 13.1. The zero-order valence-electron chi connectivity index (χ0n) is 14.2. The number of H-pyrrole nitrogens is 1. The summed E-state index contributed by atoms with van der Waals surface area (Å²) in [6, 6.07) is 15.8. The van der Waals surface area contributed by atoms with Gasteiger partial charge in [-0.3, -0.25) is 4.98 Å². The van der Waals surface area contributed by atoms with Crippen molar-refractivity contribution in [3.63, 3.8) is 0 Å². The molecule has 5 rings (SSSR count). The Hall–Kier alpha value is -2.50. The third-order valence-corrected chi connectivity index (χ3v) is 5.09. The maximum Gasteiger partial charge on any atom is 0.323 e. The minimum absolute atomic E-state index is 0.207. The first kappa shape index (κ1) is 15.7. The molecule has 0 radical (unpaired) electrons. The summed E-state index contributed by atoms with van der Waals surface area (Å²) in [7, 11) is 0. The molecule has 2 aromatic heterocycles. The van der Waals surface area contributed by atoms with E-state index in [9.17, 15) is 0 Å². The molecule has 1 N–H and O–H groups in total. The topological polar surface area (TPSA) is 54.7 Å². The highest BCUT2D eigenvalue weighted by Gasteiger charge is 2.27. The zero-order chi connectivity index (χ0) is 17.5. The Balaban J connectivity index is 1.72. The molecule has 2 aromatic carbocycles. The minimum Gasteiger partial charge on any atom is -0.375 e. The second kappa shape index (κ2) is 6.34. The van der Waals surface area contributed by atoms with Gasteiger partial charge in [0.05, 0.1) is 12.6 Å². The van der Waals surface area contributed by atoms with Crippen LogP contribution in [0.4, 0.5) is 0 Å². The van der Waals surface area contributed by atoms with Crippen LogP contribution in [-0.4, -0.2) is 27.7 Å². The Bertz CT molecular complexity index is 1080. The number of nitrogens with one attached hydrogen (secondary N) is 1. The second-order valence-electron chi connectivity index (χ2n) is 6.61. The lowest BCUT2D eigenvalue weighted by Crippen LogP contribution is -2.41.